The molecule has 1 aliphatic rings. The molecule has 0 N–H and O–H groups in total. The number of aryl methyl sites for hydroxylation is 1. The number of rotatable bonds is 8. The molecule has 1 fully saturated rings. The summed E-state index contributed by atoms with van der Waals surface area (Å²) in [6, 6.07) is 4.21. The molecule has 6 nitrogen and oxygen atoms in total. The molecule has 1 atom stereocenters. The first kappa shape index (κ1) is 29.6. The molecule has 1 unspecified atom stereocenters. The van der Waals surface area contributed by atoms with E-state index in [-0.39, 0.29) is 30.0 Å². The predicted molar refractivity (Wildman–Crippen MR) is 124 cm³/mol. The highest BCUT2D eigenvalue weighted by molar-refractivity contribution is 5.42. The molecule has 0 aliphatic heterocycles. The fraction of sp³-hybridized carbons (Fsp3) is 0.480. The second-order valence-corrected chi connectivity index (χ2v) is 9.61. The number of benzene rings is 2. The molecular weight excluding hydrogens is 557 g/mol. The molecular formula is C25H24F9N5O. The first-order valence-electron chi connectivity index (χ1n) is 12.1. The maximum atomic E-state index is 13.6. The summed E-state index contributed by atoms with van der Waals surface area (Å²) in [5.41, 5.74) is -3.87. The van der Waals surface area contributed by atoms with Gasteiger partial charge >= 0.3 is 18.5 Å². The number of halogens is 9. The number of nitrogens with zero attached hydrogens (tertiary/aromatic N) is 5. The summed E-state index contributed by atoms with van der Waals surface area (Å²) < 4.78 is 127. The van der Waals surface area contributed by atoms with Gasteiger partial charge in [0.1, 0.15) is 0 Å². The van der Waals surface area contributed by atoms with E-state index in [1.54, 1.807) is 0 Å². The van der Waals surface area contributed by atoms with Crippen molar-refractivity contribution in [2.24, 2.45) is 13.0 Å². The van der Waals surface area contributed by atoms with Crippen molar-refractivity contribution in [1.29, 1.82) is 0 Å². The Morgan fingerprint density at radius 1 is 0.875 bits per heavy atom. The van der Waals surface area contributed by atoms with Crippen LogP contribution in [0.5, 0.6) is 0 Å². The van der Waals surface area contributed by atoms with Crippen LogP contribution >= 0.6 is 0 Å². The van der Waals surface area contributed by atoms with Gasteiger partial charge in [0, 0.05) is 20.2 Å². The average Bonchev–Trinajstić information content (AvgIpc) is 3.25. The first-order chi connectivity index (χ1) is 18.6. The second kappa shape index (κ2) is 10.9. The van der Waals surface area contributed by atoms with E-state index in [4.69, 9.17) is 4.74 Å². The van der Waals surface area contributed by atoms with Crippen molar-refractivity contribution in [3.05, 3.63) is 69.8 Å². The van der Waals surface area contributed by atoms with Crippen LogP contribution < -0.4 is 4.90 Å². The standard InChI is InChI=1S/C25H24F9N5O/c1-38-36-22(35-37-38)39(12-14-8-18(24(29,30)31)11-19(9-14)25(32,33)34)13-16-10-17(23(26,27)28)6-7-20(16)21(40-2)15-4-3-5-15/h6-11,15,21H,3-5,12-13H2,1-2H3. The third-order valence-electron chi connectivity index (χ3n) is 6.77. The van der Waals surface area contributed by atoms with E-state index >= 15 is 0 Å². The van der Waals surface area contributed by atoms with Crippen LogP contribution in [-0.2, 0) is 43.4 Å². The molecule has 0 saturated heterocycles. The van der Waals surface area contributed by atoms with Gasteiger partial charge in [0.15, 0.2) is 0 Å². The van der Waals surface area contributed by atoms with Crippen LogP contribution in [-0.4, -0.2) is 27.3 Å². The number of alkyl halides is 9. The fourth-order valence-electron chi connectivity index (χ4n) is 4.65. The molecule has 0 radical (unpaired) electrons. The van der Waals surface area contributed by atoms with E-state index < -0.39 is 53.4 Å². The Labute approximate surface area is 222 Å². The molecule has 1 saturated carbocycles. The minimum atomic E-state index is -5.08. The third-order valence-corrected chi connectivity index (χ3v) is 6.77. The van der Waals surface area contributed by atoms with Gasteiger partial charge in [0.05, 0.1) is 29.8 Å². The summed E-state index contributed by atoms with van der Waals surface area (Å²) in [7, 11) is 2.81. The summed E-state index contributed by atoms with van der Waals surface area (Å²) in [6.45, 7) is -0.968. The average molecular weight is 581 g/mol. The van der Waals surface area contributed by atoms with Crippen molar-refractivity contribution in [2.45, 2.75) is 57.0 Å². The zero-order valence-corrected chi connectivity index (χ0v) is 21.2. The van der Waals surface area contributed by atoms with Gasteiger partial charge in [-0.05, 0) is 71.0 Å². The Kier molecular flexibility index (Phi) is 8.07. The maximum absolute atomic E-state index is 13.6. The van der Waals surface area contributed by atoms with Crippen molar-refractivity contribution in [3.63, 3.8) is 0 Å². The van der Waals surface area contributed by atoms with Gasteiger partial charge in [-0.25, -0.2) is 0 Å². The van der Waals surface area contributed by atoms with Crippen molar-refractivity contribution >= 4 is 5.95 Å². The van der Waals surface area contributed by atoms with Crippen LogP contribution in [0.2, 0.25) is 0 Å². The molecule has 0 bridgehead atoms. The van der Waals surface area contributed by atoms with Crippen LogP contribution in [0.1, 0.15) is 58.7 Å². The number of hydrogen-bond donors (Lipinski definition) is 0. The molecule has 40 heavy (non-hydrogen) atoms. The van der Waals surface area contributed by atoms with Crippen LogP contribution in [0, 0.1) is 5.92 Å². The molecule has 15 heteroatoms. The zero-order valence-electron chi connectivity index (χ0n) is 21.2. The molecule has 1 aromatic heterocycles. The van der Waals surface area contributed by atoms with Crippen molar-refractivity contribution in [3.8, 4) is 0 Å². The van der Waals surface area contributed by atoms with Crippen LogP contribution in [0.3, 0.4) is 0 Å². The summed E-state index contributed by atoms with van der Waals surface area (Å²) in [5, 5.41) is 11.5. The lowest BCUT2D eigenvalue weighted by atomic mass is 9.77. The van der Waals surface area contributed by atoms with E-state index in [2.05, 4.69) is 15.4 Å². The third kappa shape index (κ3) is 6.67. The zero-order chi connectivity index (χ0) is 29.5. The van der Waals surface area contributed by atoms with Gasteiger partial charge in [-0.3, -0.25) is 0 Å². The second-order valence-electron chi connectivity index (χ2n) is 9.61. The minimum absolute atomic E-state index is 0.00112. The largest absolute Gasteiger partial charge is 0.416 e. The molecule has 1 heterocycles. The molecule has 1 aliphatic carbocycles. The number of ether oxygens (including phenoxy) is 1. The highest BCUT2D eigenvalue weighted by Gasteiger charge is 2.38. The number of aromatic nitrogens is 4. The van der Waals surface area contributed by atoms with Crippen molar-refractivity contribution in [1.82, 2.24) is 20.2 Å². The normalized spacial score (nSPS) is 15.7. The quantitative estimate of drug-likeness (QED) is 0.269. The highest BCUT2D eigenvalue weighted by Crippen LogP contribution is 2.43. The van der Waals surface area contributed by atoms with E-state index in [0.717, 1.165) is 36.2 Å². The maximum Gasteiger partial charge on any atom is 0.416 e. The smallest absolute Gasteiger partial charge is 0.376 e. The van der Waals surface area contributed by atoms with Crippen LogP contribution in [0.25, 0.3) is 0 Å². The van der Waals surface area contributed by atoms with Gasteiger partial charge < -0.3 is 9.64 Å². The summed E-state index contributed by atoms with van der Waals surface area (Å²) in [4.78, 5) is 2.18. The van der Waals surface area contributed by atoms with Crippen LogP contribution in [0.4, 0.5) is 45.5 Å². The summed E-state index contributed by atoms with van der Waals surface area (Å²) in [5.74, 6) is -0.157. The van der Waals surface area contributed by atoms with E-state index in [9.17, 15) is 39.5 Å². The Bertz CT molecular complexity index is 1300. The molecule has 0 amide bonds. The Morgan fingerprint density at radius 2 is 1.48 bits per heavy atom. The molecule has 218 valence electrons. The topological polar surface area (TPSA) is 56.1 Å². The van der Waals surface area contributed by atoms with E-state index in [1.807, 2.05) is 0 Å². The Balaban J connectivity index is 1.80. The fourth-order valence-corrected chi connectivity index (χ4v) is 4.65. The lowest BCUT2D eigenvalue weighted by Crippen LogP contribution is -2.28. The van der Waals surface area contributed by atoms with E-state index in [0.29, 0.717) is 17.7 Å². The van der Waals surface area contributed by atoms with Gasteiger partial charge in [0.2, 0.25) is 0 Å². The number of methoxy groups -OCH3 is 1. The molecule has 4 rings (SSSR count). The molecule has 0 spiro atoms. The Morgan fingerprint density at radius 3 is 1.93 bits per heavy atom. The number of hydrogen-bond acceptors (Lipinski definition) is 5. The minimum Gasteiger partial charge on any atom is -0.376 e. The van der Waals surface area contributed by atoms with E-state index in [1.165, 1.54) is 25.1 Å². The van der Waals surface area contributed by atoms with Gasteiger partial charge in [0.25, 0.3) is 5.95 Å². The SMILES string of the molecule is COC(c1ccc(C(F)(F)F)cc1CN(Cc1cc(C(F)(F)F)cc(C(F)(F)F)c1)c1nnn(C)n1)C1CCC1. The van der Waals surface area contributed by atoms with Crippen molar-refractivity contribution < 1.29 is 44.3 Å². The number of tetrazole rings is 1. The first-order valence-corrected chi connectivity index (χ1v) is 12.1. The predicted octanol–water partition coefficient (Wildman–Crippen LogP) is 6.96. The summed E-state index contributed by atoms with van der Waals surface area (Å²) in [6.07, 6.45) is -12.9. The van der Waals surface area contributed by atoms with Gasteiger partial charge in [-0.1, -0.05) is 17.6 Å². The molecule has 2 aromatic carbocycles. The van der Waals surface area contributed by atoms with Gasteiger partial charge in [-0.15, -0.1) is 5.10 Å². The monoisotopic (exact) mass is 581 g/mol. The summed E-state index contributed by atoms with van der Waals surface area (Å²) >= 11 is 0. The molecule has 3 aromatic rings. The van der Waals surface area contributed by atoms with Gasteiger partial charge in [-0.2, -0.15) is 44.3 Å². The van der Waals surface area contributed by atoms with Crippen LogP contribution in [0.15, 0.2) is 36.4 Å². The Hall–Kier alpha value is -3.36. The lowest BCUT2D eigenvalue weighted by molar-refractivity contribution is -0.143. The lowest BCUT2D eigenvalue weighted by Gasteiger charge is -2.35. The van der Waals surface area contributed by atoms with Crippen molar-refractivity contribution in [2.75, 3.05) is 12.0 Å². The highest BCUT2D eigenvalue weighted by atomic mass is 19.4. The number of anilines is 1.